The Labute approximate surface area is 142 Å². The first-order valence-corrected chi connectivity index (χ1v) is 8.51. The Morgan fingerprint density at radius 1 is 1.39 bits per heavy atom. The Bertz CT molecular complexity index is 871. The summed E-state index contributed by atoms with van der Waals surface area (Å²) in [7, 11) is -2.51. The van der Waals surface area contributed by atoms with Crippen LogP contribution in [0.3, 0.4) is 0 Å². The van der Waals surface area contributed by atoms with E-state index in [1.807, 2.05) is 6.07 Å². The summed E-state index contributed by atoms with van der Waals surface area (Å²) in [5, 5.41) is 8.99. The van der Waals surface area contributed by atoms with Crippen molar-refractivity contribution in [1.29, 1.82) is 5.26 Å². The Kier molecular flexibility index (Phi) is 5.26. The van der Waals surface area contributed by atoms with Crippen LogP contribution < -0.4 is 9.46 Å². The van der Waals surface area contributed by atoms with Gasteiger partial charge in [-0.15, -0.1) is 0 Å². The summed E-state index contributed by atoms with van der Waals surface area (Å²) in [6.45, 7) is 0. The maximum Gasteiger partial charge on any atom is 0.238 e. The van der Waals surface area contributed by atoms with Crippen LogP contribution in [0.5, 0.6) is 5.75 Å². The van der Waals surface area contributed by atoms with Crippen molar-refractivity contribution >= 4 is 39.0 Å². The molecule has 0 amide bonds. The summed E-state index contributed by atoms with van der Waals surface area (Å²) in [5.41, 5.74) is 0.597. The van der Waals surface area contributed by atoms with Gasteiger partial charge in [-0.3, -0.25) is 4.72 Å². The molecule has 1 N–H and O–H groups in total. The molecule has 0 bridgehead atoms. The van der Waals surface area contributed by atoms with Gasteiger partial charge in [0.25, 0.3) is 0 Å². The normalized spacial score (nSPS) is 10.9. The lowest BCUT2D eigenvalue weighted by atomic mass is 10.1. The second kappa shape index (κ2) is 7.00. The van der Waals surface area contributed by atoms with E-state index >= 15 is 0 Å². The first kappa shape index (κ1) is 17.3. The molecule has 0 aliphatic carbocycles. The smallest absolute Gasteiger partial charge is 0.238 e. The monoisotopic (exact) mass is 372 g/mol. The second-order valence-corrected chi connectivity index (χ2v) is 6.80. The van der Waals surface area contributed by atoms with Crippen molar-refractivity contribution in [3.8, 4) is 11.8 Å². The Morgan fingerprint density at radius 2 is 2.13 bits per heavy atom. The zero-order valence-corrected chi connectivity index (χ0v) is 14.1. The summed E-state index contributed by atoms with van der Waals surface area (Å²) in [4.78, 5) is 7.48. The van der Waals surface area contributed by atoms with Crippen LogP contribution in [0.15, 0.2) is 24.4 Å². The van der Waals surface area contributed by atoms with E-state index in [0.29, 0.717) is 5.56 Å². The number of ether oxygens (including phenoxy) is 1. The number of nitrogens with one attached hydrogen (secondary N) is 1. The van der Waals surface area contributed by atoms with E-state index in [9.17, 15) is 8.42 Å². The molecule has 0 radical (unpaired) electrons. The molecule has 0 atom stereocenters. The molecule has 120 valence electrons. The fraction of sp³-hybridized carbons (Fsp3) is 0.154. The Balaban J connectivity index is 2.30. The summed E-state index contributed by atoms with van der Waals surface area (Å²) >= 11 is 11.6. The first-order valence-electron chi connectivity index (χ1n) is 6.10. The third-order valence-corrected chi connectivity index (χ3v) is 4.46. The quantitative estimate of drug-likeness (QED) is 0.808. The first-order chi connectivity index (χ1) is 10.8. The molecular weight excluding hydrogens is 363 g/mol. The third-order valence-electron chi connectivity index (χ3n) is 2.72. The molecule has 0 saturated carbocycles. The van der Waals surface area contributed by atoms with Crippen molar-refractivity contribution in [3.63, 3.8) is 0 Å². The highest BCUT2D eigenvalue weighted by molar-refractivity contribution is 7.91. The standard InChI is InChI=1S/C13H10Cl2N4O3S/c1-22-11-6-17-13(15)18-12(11)19-23(20,21)7-9-4-8(5-16)2-3-10(9)14/h2-4,6H,7H2,1H3,(H,17,18,19). The van der Waals surface area contributed by atoms with E-state index in [-0.39, 0.29) is 27.4 Å². The summed E-state index contributed by atoms with van der Waals surface area (Å²) < 4.78 is 31.8. The third kappa shape index (κ3) is 4.45. The van der Waals surface area contributed by atoms with Gasteiger partial charge in [-0.25, -0.2) is 13.4 Å². The summed E-state index contributed by atoms with van der Waals surface area (Å²) in [6, 6.07) is 6.30. The van der Waals surface area contributed by atoms with Crippen LogP contribution in [-0.4, -0.2) is 25.5 Å². The summed E-state index contributed by atoms with van der Waals surface area (Å²) in [6.07, 6.45) is 1.25. The van der Waals surface area contributed by atoms with Crippen LogP contribution in [0.1, 0.15) is 11.1 Å². The average Bonchev–Trinajstić information content (AvgIpc) is 2.49. The Hall–Kier alpha value is -2.08. The molecule has 2 aromatic rings. The van der Waals surface area contributed by atoms with Crippen LogP contribution in [-0.2, 0) is 15.8 Å². The van der Waals surface area contributed by atoms with Gasteiger partial charge >= 0.3 is 0 Å². The predicted octanol–water partition coefficient (Wildman–Crippen LogP) is 2.61. The number of rotatable bonds is 5. The molecule has 0 saturated heterocycles. The second-order valence-electron chi connectivity index (χ2n) is 4.34. The van der Waals surface area contributed by atoms with Crippen molar-refractivity contribution in [1.82, 2.24) is 9.97 Å². The molecule has 0 aliphatic rings. The van der Waals surface area contributed by atoms with Gasteiger partial charge in [0.05, 0.1) is 30.7 Å². The van der Waals surface area contributed by atoms with E-state index in [1.165, 1.54) is 31.5 Å². The number of halogens is 2. The van der Waals surface area contributed by atoms with Crippen LogP contribution in [0.4, 0.5) is 5.82 Å². The van der Waals surface area contributed by atoms with Crippen molar-refractivity contribution in [2.75, 3.05) is 11.8 Å². The van der Waals surface area contributed by atoms with E-state index in [1.54, 1.807) is 0 Å². The fourth-order valence-electron chi connectivity index (χ4n) is 1.71. The van der Waals surface area contributed by atoms with Crippen LogP contribution >= 0.6 is 23.2 Å². The van der Waals surface area contributed by atoms with Crippen molar-refractivity contribution < 1.29 is 13.2 Å². The molecule has 0 spiro atoms. The molecule has 23 heavy (non-hydrogen) atoms. The summed E-state index contributed by atoms with van der Waals surface area (Å²) in [5.74, 6) is -0.401. The van der Waals surface area contributed by atoms with Gasteiger partial charge < -0.3 is 4.74 Å². The number of hydrogen-bond donors (Lipinski definition) is 1. The molecule has 0 aliphatic heterocycles. The molecule has 7 nitrogen and oxygen atoms in total. The van der Waals surface area contributed by atoms with Crippen molar-refractivity contribution in [2.45, 2.75) is 5.75 Å². The number of hydrogen-bond acceptors (Lipinski definition) is 6. The maximum absolute atomic E-state index is 12.3. The zero-order chi connectivity index (χ0) is 17.0. The van der Waals surface area contributed by atoms with Gasteiger partial charge in [0.2, 0.25) is 15.3 Å². The molecule has 0 unspecified atom stereocenters. The van der Waals surface area contributed by atoms with Crippen LogP contribution in [0, 0.1) is 11.3 Å². The van der Waals surface area contributed by atoms with Gasteiger partial charge in [0.1, 0.15) is 0 Å². The Morgan fingerprint density at radius 3 is 2.78 bits per heavy atom. The van der Waals surface area contributed by atoms with Gasteiger partial charge in [-0.2, -0.15) is 10.2 Å². The van der Waals surface area contributed by atoms with Crippen molar-refractivity contribution in [3.05, 3.63) is 45.8 Å². The number of nitriles is 1. The lowest BCUT2D eigenvalue weighted by Gasteiger charge is -2.11. The SMILES string of the molecule is COc1cnc(Cl)nc1NS(=O)(=O)Cc1cc(C#N)ccc1Cl. The topological polar surface area (TPSA) is 105 Å². The maximum atomic E-state index is 12.3. The number of benzene rings is 1. The number of aromatic nitrogens is 2. The zero-order valence-electron chi connectivity index (χ0n) is 11.7. The lowest BCUT2D eigenvalue weighted by molar-refractivity contribution is 0.413. The molecule has 1 aromatic heterocycles. The van der Waals surface area contributed by atoms with Gasteiger partial charge in [-0.1, -0.05) is 11.6 Å². The van der Waals surface area contributed by atoms with Crippen LogP contribution in [0.25, 0.3) is 0 Å². The highest BCUT2D eigenvalue weighted by atomic mass is 35.5. The van der Waals surface area contributed by atoms with Crippen molar-refractivity contribution in [2.24, 2.45) is 0 Å². The van der Waals surface area contributed by atoms with E-state index in [2.05, 4.69) is 14.7 Å². The van der Waals surface area contributed by atoms with Gasteiger partial charge in [0, 0.05) is 5.02 Å². The highest BCUT2D eigenvalue weighted by Gasteiger charge is 2.18. The number of anilines is 1. The molecule has 1 heterocycles. The lowest BCUT2D eigenvalue weighted by Crippen LogP contribution is -2.17. The molecule has 10 heteroatoms. The van der Waals surface area contributed by atoms with E-state index < -0.39 is 15.8 Å². The minimum atomic E-state index is -3.86. The minimum absolute atomic E-state index is 0.0833. The van der Waals surface area contributed by atoms with Gasteiger partial charge in [0.15, 0.2) is 11.6 Å². The van der Waals surface area contributed by atoms with Gasteiger partial charge in [-0.05, 0) is 35.4 Å². The van der Waals surface area contributed by atoms with Crippen LogP contribution in [0.2, 0.25) is 10.3 Å². The largest absolute Gasteiger partial charge is 0.491 e. The molecule has 1 aromatic carbocycles. The van der Waals surface area contributed by atoms with E-state index in [4.69, 9.17) is 33.2 Å². The molecular formula is C13H10Cl2N4O3S. The minimum Gasteiger partial charge on any atom is -0.491 e. The average molecular weight is 373 g/mol. The molecule has 2 rings (SSSR count). The predicted molar refractivity (Wildman–Crippen MR) is 86.0 cm³/mol. The molecule has 0 fully saturated rings. The highest BCUT2D eigenvalue weighted by Crippen LogP contribution is 2.25. The van der Waals surface area contributed by atoms with E-state index in [0.717, 1.165) is 0 Å². The number of methoxy groups -OCH3 is 1. The number of nitrogens with zero attached hydrogens (tertiary/aromatic N) is 3. The number of sulfonamides is 1. The fourth-order valence-corrected chi connectivity index (χ4v) is 3.27.